The smallest absolute Gasteiger partial charge is 0.222 e. The van der Waals surface area contributed by atoms with Gasteiger partial charge in [-0.3, -0.25) is 4.79 Å². The first-order chi connectivity index (χ1) is 14.9. The predicted molar refractivity (Wildman–Crippen MR) is 123 cm³/mol. The number of methoxy groups -OCH3 is 2. The van der Waals surface area contributed by atoms with Crippen molar-refractivity contribution in [2.45, 2.75) is 24.5 Å². The molecule has 31 heavy (non-hydrogen) atoms. The molecule has 3 aromatic rings. The van der Waals surface area contributed by atoms with E-state index in [0.717, 1.165) is 51.1 Å². The third-order valence-corrected chi connectivity index (χ3v) is 7.61. The minimum atomic E-state index is -0.582. The quantitative estimate of drug-likeness (QED) is 0.611. The third kappa shape index (κ3) is 3.84. The summed E-state index contributed by atoms with van der Waals surface area (Å²) in [5, 5.41) is 3.70. The Morgan fingerprint density at radius 3 is 2.84 bits per heavy atom. The van der Waals surface area contributed by atoms with Crippen molar-refractivity contribution in [2.75, 3.05) is 32.8 Å². The van der Waals surface area contributed by atoms with E-state index in [1.807, 2.05) is 36.0 Å². The number of carbonyl (C=O) groups excluding carboxylic acids is 1. The molecule has 0 spiro atoms. The van der Waals surface area contributed by atoms with Crippen LogP contribution in [-0.2, 0) is 26.9 Å². The van der Waals surface area contributed by atoms with Crippen molar-refractivity contribution in [3.05, 3.63) is 36.3 Å². The van der Waals surface area contributed by atoms with Gasteiger partial charge in [0.05, 0.1) is 36.8 Å². The van der Waals surface area contributed by atoms with E-state index in [1.54, 1.807) is 20.4 Å². The van der Waals surface area contributed by atoms with Gasteiger partial charge in [0.1, 0.15) is 17.2 Å². The first-order valence-corrected chi connectivity index (χ1v) is 11.5. The van der Waals surface area contributed by atoms with Crippen molar-refractivity contribution in [2.24, 2.45) is 7.05 Å². The second kappa shape index (κ2) is 8.41. The molecule has 1 aliphatic heterocycles. The zero-order valence-electron chi connectivity index (χ0n) is 18.6. The zero-order valence-corrected chi connectivity index (χ0v) is 20.6. The molecule has 164 valence electrons. The van der Waals surface area contributed by atoms with Gasteiger partial charge < -0.3 is 24.1 Å². The average molecular weight is 441 g/mol. The van der Waals surface area contributed by atoms with Gasteiger partial charge in [-0.25, -0.2) is 9.97 Å². The molecular formula is C22H28N4O4Si. The number of nitrogens with zero attached hydrogens (tertiary/aromatic N) is 3. The first-order valence-electron chi connectivity index (χ1n) is 10.3. The number of amides is 1. The molecule has 1 N–H and O–H groups in total. The van der Waals surface area contributed by atoms with Gasteiger partial charge in [-0.2, -0.15) is 0 Å². The molecule has 0 radical (unpaired) electrons. The van der Waals surface area contributed by atoms with Crippen molar-refractivity contribution < 1.29 is 19.0 Å². The molecule has 1 amide bonds. The van der Waals surface area contributed by atoms with Gasteiger partial charge in [-0.1, -0.05) is 0 Å². The summed E-state index contributed by atoms with van der Waals surface area (Å²) in [6, 6.07) is 5.74. The molecule has 9 heteroatoms. The van der Waals surface area contributed by atoms with Crippen LogP contribution in [0.25, 0.3) is 22.2 Å². The maximum Gasteiger partial charge on any atom is 0.222 e. The molecule has 1 fully saturated rings. The minimum Gasteiger partial charge on any atom is -0.497 e. The van der Waals surface area contributed by atoms with Crippen molar-refractivity contribution >= 4 is 32.9 Å². The Morgan fingerprint density at radius 1 is 1.35 bits per heavy atom. The maximum atomic E-state index is 11.5. The predicted octanol–water partition coefficient (Wildman–Crippen LogP) is 2.02. The van der Waals surface area contributed by atoms with Crippen molar-refractivity contribution in [1.82, 2.24) is 14.5 Å². The standard InChI is InChI=1S/C22H28N4O4Si/c1-13(27)24-21-9-15-16(11-26(2)18(15)10-23-21)17-7-14(28-3)8-19(25-17)22(29-4)12-30-6-5-20(22)31/h7-11,20H,5-6,12H2,1-4,31H3,(H,23,24,27)/t20?,22-/m1/s1. The van der Waals surface area contributed by atoms with Crippen molar-refractivity contribution in [3.63, 3.8) is 0 Å². The molecule has 4 rings (SSSR count). The fourth-order valence-electron chi connectivity index (χ4n) is 4.26. The van der Waals surface area contributed by atoms with E-state index in [2.05, 4.69) is 10.3 Å². The van der Waals surface area contributed by atoms with Crippen molar-refractivity contribution in [1.29, 1.82) is 0 Å². The average Bonchev–Trinajstić information content (AvgIpc) is 3.09. The molecular weight excluding hydrogens is 412 g/mol. The number of nitrogens with one attached hydrogen (secondary N) is 1. The van der Waals surface area contributed by atoms with Gasteiger partial charge in [0.2, 0.25) is 5.91 Å². The van der Waals surface area contributed by atoms with Crippen LogP contribution in [0.5, 0.6) is 5.75 Å². The Kier molecular flexibility index (Phi) is 5.83. The highest BCUT2D eigenvalue weighted by molar-refractivity contribution is 6.12. The Bertz CT molecular complexity index is 1130. The molecule has 1 unspecified atom stereocenters. The summed E-state index contributed by atoms with van der Waals surface area (Å²) in [4.78, 5) is 20.9. The molecule has 1 aliphatic rings. The lowest BCUT2D eigenvalue weighted by molar-refractivity contribution is -0.116. The lowest BCUT2D eigenvalue weighted by Crippen LogP contribution is -2.43. The van der Waals surface area contributed by atoms with E-state index in [-0.39, 0.29) is 5.91 Å². The Balaban J connectivity index is 1.89. The summed E-state index contributed by atoms with van der Waals surface area (Å²) in [6.45, 7) is 2.69. The summed E-state index contributed by atoms with van der Waals surface area (Å²) in [6.07, 6.45) is 4.73. The normalized spacial score (nSPS) is 21.4. The number of hydrogen-bond acceptors (Lipinski definition) is 6. The van der Waals surface area contributed by atoms with E-state index < -0.39 is 5.60 Å². The van der Waals surface area contributed by atoms with Crippen LogP contribution >= 0.6 is 0 Å². The van der Waals surface area contributed by atoms with Crippen LogP contribution in [0.3, 0.4) is 0 Å². The lowest BCUT2D eigenvalue weighted by Gasteiger charge is -2.41. The van der Waals surface area contributed by atoms with Gasteiger partial charge in [-0.15, -0.1) is 0 Å². The van der Waals surface area contributed by atoms with E-state index in [1.165, 1.54) is 6.92 Å². The second-order valence-electron chi connectivity index (χ2n) is 8.03. The van der Waals surface area contributed by atoms with Gasteiger partial charge in [0.15, 0.2) is 0 Å². The van der Waals surface area contributed by atoms with Crippen LogP contribution in [0.4, 0.5) is 5.82 Å². The Hall–Kier alpha value is -2.75. The molecule has 4 heterocycles. The summed E-state index contributed by atoms with van der Waals surface area (Å²) in [5.74, 6) is 1.05. The largest absolute Gasteiger partial charge is 0.497 e. The fraction of sp³-hybridized carbons (Fsp3) is 0.409. The molecule has 3 aromatic heterocycles. The van der Waals surface area contributed by atoms with Crippen LogP contribution < -0.4 is 10.1 Å². The highest BCUT2D eigenvalue weighted by Crippen LogP contribution is 2.42. The number of fused-ring (bicyclic) bond motifs is 1. The first kappa shape index (κ1) is 21.5. The number of ether oxygens (including phenoxy) is 3. The van der Waals surface area contributed by atoms with Gasteiger partial charge in [0.25, 0.3) is 0 Å². The highest BCUT2D eigenvalue weighted by Gasteiger charge is 2.43. The summed E-state index contributed by atoms with van der Waals surface area (Å²) >= 11 is 0. The van der Waals surface area contributed by atoms with E-state index in [9.17, 15) is 4.79 Å². The monoisotopic (exact) mass is 440 g/mol. The molecule has 8 nitrogen and oxygen atoms in total. The zero-order chi connectivity index (χ0) is 22.2. The van der Waals surface area contributed by atoms with Crippen LogP contribution in [0.15, 0.2) is 30.6 Å². The number of pyridine rings is 2. The number of aromatic nitrogens is 3. The fourth-order valence-corrected chi connectivity index (χ4v) is 5.19. The SMILES string of the molecule is COc1cc(-c2cn(C)c3cnc(NC(C)=O)cc23)nc([C@]2(OC)COCCC2[SiH3])c1. The molecule has 2 atom stereocenters. The van der Waals surface area contributed by atoms with Gasteiger partial charge in [-0.05, 0) is 18.0 Å². The number of rotatable bonds is 5. The van der Waals surface area contributed by atoms with Crippen LogP contribution in [0, 0.1) is 0 Å². The van der Waals surface area contributed by atoms with Crippen LogP contribution in [-0.4, -0.2) is 58.1 Å². The van der Waals surface area contributed by atoms with Crippen LogP contribution in [0.2, 0.25) is 5.54 Å². The molecule has 0 saturated carbocycles. The van der Waals surface area contributed by atoms with E-state index in [4.69, 9.17) is 19.2 Å². The van der Waals surface area contributed by atoms with E-state index in [0.29, 0.717) is 23.7 Å². The van der Waals surface area contributed by atoms with Gasteiger partial charge in [0, 0.05) is 67.2 Å². The Morgan fingerprint density at radius 2 is 2.16 bits per heavy atom. The second-order valence-corrected chi connectivity index (χ2v) is 9.43. The topological polar surface area (TPSA) is 87.5 Å². The highest BCUT2D eigenvalue weighted by atomic mass is 28.1. The van der Waals surface area contributed by atoms with Crippen LogP contribution in [0.1, 0.15) is 19.0 Å². The third-order valence-electron chi connectivity index (χ3n) is 6.10. The summed E-state index contributed by atoms with van der Waals surface area (Å²) in [7, 11) is 6.31. The number of hydrogen-bond donors (Lipinski definition) is 1. The van der Waals surface area contributed by atoms with Gasteiger partial charge >= 0.3 is 0 Å². The number of aryl methyl sites for hydroxylation is 1. The molecule has 0 bridgehead atoms. The molecule has 1 saturated heterocycles. The number of carbonyl (C=O) groups is 1. The van der Waals surface area contributed by atoms with Crippen molar-refractivity contribution in [3.8, 4) is 17.0 Å². The summed E-state index contributed by atoms with van der Waals surface area (Å²) in [5.41, 5.74) is 3.26. The lowest BCUT2D eigenvalue weighted by atomic mass is 9.90. The maximum absolute atomic E-state index is 11.5. The van der Waals surface area contributed by atoms with E-state index >= 15 is 0 Å². The minimum absolute atomic E-state index is 0.163. The molecule has 0 aromatic carbocycles. The Labute approximate surface area is 184 Å². The number of anilines is 1. The molecule has 0 aliphatic carbocycles. The summed E-state index contributed by atoms with van der Waals surface area (Å²) < 4.78 is 19.5.